The van der Waals surface area contributed by atoms with Crippen molar-refractivity contribution in [1.29, 1.82) is 0 Å². The summed E-state index contributed by atoms with van der Waals surface area (Å²) in [4.78, 5) is 52.3. The van der Waals surface area contributed by atoms with Crippen LogP contribution in [0.2, 0.25) is 0 Å². The maximum absolute atomic E-state index is 12.9. The molecular formula is C20H31N3O5. The highest BCUT2D eigenvalue weighted by Crippen LogP contribution is 2.38. The average Bonchev–Trinajstić information content (AvgIpc) is 2.87. The van der Waals surface area contributed by atoms with Crippen LogP contribution in [-0.2, 0) is 19.1 Å². The minimum absolute atomic E-state index is 0.0346. The summed E-state index contributed by atoms with van der Waals surface area (Å²) in [5.41, 5.74) is -0.893. The van der Waals surface area contributed by atoms with Crippen molar-refractivity contribution in [2.24, 2.45) is 5.92 Å². The Labute approximate surface area is 165 Å². The van der Waals surface area contributed by atoms with Crippen LogP contribution in [0.1, 0.15) is 64.7 Å². The number of likely N-dealkylation sites (tertiary alicyclic amines) is 1. The highest BCUT2D eigenvalue weighted by molar-refractivity contribution is 6.09. The van der Waals surface area contributed by atoms with Crippen LogP contribution in [0.15, 0.2) is 0 Å². The number of hydrogen-bond donors (Lipinski definition) is 1. The molecule has 28 heavy (non-hydrogen) atoms. The highest BCUT2D eigenvalue weighted by Gasteiger charge is 2.55. The summed E-state index contributed by atoms with van der Waals surface area (Å²) in [6, 6.07) is -0.550. The average molecular weight is 393 g/mol. The number of nitrogens with zero attached hydrogens (tertiary/aromatic N) is 2. The molecule has 0 aromatic carbocycles. The smallest absolute Gasteiger partial charge is 0.326 e. The minimum Gasteiger partial charge on any atom is -0.454 e. The fraction of sp³-hybridized carbons (Fsp3) is 0.800. The summed E-state index contributed by atoms with van der Waals surface area (Å²) in [6.45, 7) is 2.53. The molecule has 4 amide bonds. The van der Waals surface area contributed by atoms with Gasteiger partial charge in [-0.2, -0.15) is 0 Å². The lowest BCUT2D eigenvalue weighted by atomic mass is 9.73. The fourth-order valence-corrected chi connectivity index (χ4v) is 4.54. The van der Waals surface area contributed by atoms with Crippen LogP contribution in [0.5, 0.6) is 0 Å². The molecule has 2 atom stereocenters. The van der Waals surface area contributed by atoms with E-state index in [-0.39, 0.29) is 24.3 Å². The van der Waals surface area contributed by atoms with E-state index in [2.05, 4.69) is 5.32 Å². The number of hydrogen-bond acceptors (Lipinski definition) is 5. The van der Waals surface area contributed by atoms with Crippen molar-refractivity contribution in [2.45, 2.75) is 70.3 Å². The first-order chi connectivity index (χ1) is 13.4. The molecular weight excluding hydrogens is 362 g/mol. The lowest BCUT2D eigenvalue weighted by Crippen LogP contribution is -2.54. The van der Waals surface area contributed by atoms with Crippen molar-refractivity contribution in [3.8, 4) is 0 Å². The van der Waals surface area contributed by atoms with Crippen LogP contribution >= 0.6 is 0 Å². The first kappa shape index (κ1) is 20.6. The van der Waals surface area contributed by atoms with Gasteiger partial charge in [0.05, 0.1) is 0 Å². The van der Waals surface area contributed by atoms with Crippen LogP contribution in [0, 0.1) is 5.92 Å². The van der Waals surface area contributed by atoms with E-state index in [0.717, 1.165) is 49.8 Å². The summed E-state index contributed by atoms with van der Waals surface area (Å²) < 4.78 is 5.09. The Morgan fingerprint density at radius 3 is 2.43 bits per heavy atom. The summed E-state index contributed by atoms with van der Waals surface area (Å²) in [6.07, 6.45) is 8.71. The van der Waals surface area contributed by atoms with E-state index in [1.54, 1.807) is 4.90 Å². The Kier molecular flexibility index (Phi) is 6.57. The molecule has 0 unspecified atom stereocenters. The highest BCUT2D eigenvalue weighted by atomic mass is 16.5. The standard InChI is InChI=1S/C20H31N3O5/c1-15-9-5-6-10-20(15)18(26)23(19(27)21-20)13-17(25)28-14-16(24)22-11-7-3-2-4-8-12-22/h15H,2-14H2,1H3,(H,21,27)/t15-,20+/m0/s1. The molecule has 3 aliphatic rings. The zero-order chi connectivity index (χ0) is 20.1. The van der Waals surface area contributed by atoms with Crippen molar-refractivity contribution in [2.75, 3.05) is 26.2 Å². The zero-order valence-electron chi connectivity index (χ0n) is 16.7. The SMILES string of the molecule is C[C@H]1CCCC[C@@]12NC(=O)N(CC(=O)OCC(=O)N1CCCCCCC1)C2=O. The normalized spacial score (nSPS) is 28.7. The largest absolute Gasteiger partial charge is 0.454 e. The monoisotopic (exact) mass is 393 g/mol. The Bertz CT molecular complexity index is 629. The third-order valence-electron chi connectivity index (χ3n) is 6.35. The second-order valence-corrected chi connectivity index (χ2v) is 8.25. The quantitative estimate of drug-likeness (QED) is 0.581. The van der Waals surface area contributed by atoms with E-state index in [1.807, 2.05) is 6.92 Å². The predicted octanol–water partition coefficient (Wildman–Crippen LogP) is 1.82. The number of nitrogens with one attached hydrogen (secondary N) is 1. The van der Waals surface area contributed by atoms with Crippen LogP contribution in [0.3, 0.4) is 0 Å². The summed E-state index contributed by atoms with van der Waals surface area (Å²) >= 11 is 0. The molecule has 1 saturated carbocycles. The predicted molar refractivity (Wildman–Crippen MR) is 101 cm³/mol. The van der Waals surface area contributed by atoms with E-state index >= 15 is 0 Å². The van der Waals surface area contributed by atoms with Crippen LogP contribution in [0.4, 0.5) is 4.79 Å². The van der Waals surface area contributed by atoms with Crippen molar-refractivity contribution >= 4 is 23.8 Å². The molecule has 2 saturated heterocycles. The van der Waals surface area contributed by atoms with Crippen molar-refractivity contribution in [3.63, 3.8) is 0 Å². The minimum atomic E-state index is -0.893. The molecule has 1 spiro atoms. The lowest BCUT2D eigenvalue weighted by Gasteiger charge is -2.36. The maximum atomic E-state index is 12.9. The number of carbonyl (C=O) groups excluding carboxylic acids is 4. The van der Waals surface area contributed by atoms with E-state index < -0.39 is 24.1 Å². The molecule has 8 heteroatoms. The number of amides is 4. The topological polar surface area (TPSA) is 96.0 Å². The maximum Gasteiger partial charge on any atom is 0.326 e. The molecule has 0 aromatic rings. The summed E-state index contributed by atoms with van der Waals surface area (Å²) in [7, 11) is 0. The van der Waals surface area contributed by atoms with Gasteiger partial charge in [0.25, 0.3) is 11.8 Å². The number of urea groups is 1. The van der Waals surface area contributed by atoms with Gasteiger partial charge in [0.15, 0.2) is 6.61 Å². The van der Waals surface area contributed by atoms with Crippen LogP contribution < -0.4 is 5.32 Å². The van der Waals surface area contributed by atoms with Gasteiger partial charge in [-0.15, -0.1) is 0 Å². The van der Waals surface area contributed by atoms with Gasteiger partial charge in [0.1, 0.15) is 12.1 Å². The summed E-state index contributed by atoms with van der Waals surface area (Å²) in [5.74, 6) is -1.27. The number of imide groups is 1. The molecule has 0 aromatic heterocycles. The molecule has 156 valence electrons. The molecule has 0 bridgehead atoms. The molecule has 3 rings (SSSR count). The number of rotatable bonds is 4. The number of ether oxygens (including phenoxy) is 1. The molecule has 1 aliphatic carbocycles. The van der Waals surface area contributed by atoms with E-state index in [9.17, 15) is 19.2 Å². The number of esters is 1. The van der Waals surface area contributed by atoms with Crippen molar-refractivity contribution in [1.82, 2.24) is 15.1 Å². The Balaban J connectivity index is 1.51. The second kappa shape index (κ2) is 8.92. The Hall–Kier alpha value is -2.12. The van der Waals surface area contributed by atoms with Crippen molar-refractivity contribution < 1.29 is 23.9 Å². The van der Waals surface area contributed by atoms with Gasteiger partial charge in [-0.1, -0.05) is 39.0 Å². The third-order valence-corrected chi connectivity index (χ3v) is 6.35. The van der Waals surface area contributed by atoms with E-state index in [4.69, 9.17) is 4.74 Å². The first-order valence-corrected chi connectivity index (χ1v) is 10.5. The van der Waals surface area contributed by atoms with Gasteiger partial charge in [-0.05, 0) is 31.6 Å². The fourth-order valence-electron chi connectivity index (χ4n) is 4.54. The second-order valence-electron chi connectivity index (χ2n) is 8.25. The molecule has 2 heterocycles. The Morgan fingerprint density at radius 1 is 1.07 bits per heavy atom. The first-order valence-electron chi connectivity index (χ1n) is 10.5. The van der Waals surface area contributed by atoms with Gasteiger partial charge in [0, 0.05) is 13.1 Å². The molecule has 1 N–H and O–H groups in total. The lowest BCUT2D eigenvalue weighted by molar-refractivity contribution is -0.154. The third kappa shape index (κ3) is 4.31. The van der Waals surface area contributed by atoms with E-state index in [1.165, 1.54) is 6.42 Å². The van der Waals surface area contributed by atoms with Gasteiger partial charge in [-0.25, -0.2) is 4.79 Å². The van der Waals surface area contributed by atoms with Gasteiger partial charge < -0.3 is 15.0 Å². The van der Waals surface area contributed by atoms with Crippen LogP contribution in [-0.4, -0.2) is 65.4 Å². The zero-order valence-corrected chi connectivity index (χ0v) is 16.7. The molecule has 0 radical (unpaired) electrons. The van der Waals surface area contributed by atoms with Gasteiger partial charge in [0.2, 0.25) is 0 Å². The molecule has 8 nitrogen and oxygen atoms in total. The van der Waals surface area contributed by atoms with Gasteiger partial charge >= 0.3 is 12.0 Å². The van der Waals surface area contributed by atoms with E-state index in [0.29, 0.717) is 19.5 Å². The van der Waals surface area contributed by atoms with Gasteiger partial charge in [-0.3, -0.25) is 19.3 Å². The van der Waals surface area contributed by atoms with Crippen LogP contribution in [0.25, 0.3) is 0 Å². The van der Waals surface area contributed by atoms with Crippen molar-refractivity contribution in [3.05, 3.63) is 0 Å². The summed E-state index contributed by atoms with van der Waals surface area (Å²) in [5, 5.41) is 2.81. The number of carbonyl (C=O) groups is 4. The Morgan fingerprint density at radius 2 is 1.75 bits per heavy atom. The molecule has 2 aliphatic heterocycles. The molecule has 3 fully saturated rings.